The van der Waals surface area contributed by atoms with Crippen molar-refractivity contribution in [1.82, 2.24) is 0 Å². The van der Waals surface area contributed by atoms with E-state index in [1.807, 2.05) is 0 Å². The van der Waals surface area contributed by atoms with Crippen LogP contribution < -0.4 is 11.1 Å². The Morgan fingerprint density at radius 3 is 2.47 bits per heavy atom. The Hall–Kier alpha value is -1.58. The molecule has 1 aromatic carbocycles. The lowest BCUT2D eigenvalue weighted by atomic mass is 9.81. The molecule has 4 heteroatoms. The summed E-state index contributed by atoms with van der Waals surface area (Å²) in [7, 11) is 0. The van der Waals surface area contributed by atoms with Gasteiger partial charge in [0.25, 0.3) is 0 Å². The molecule has 0 saturated heterocycles. The predicted molar refractivity (Wildman–Crippen MR) is 65.0 cm³/mol. The number of primary amides is 1. The van der Waals surface area contributed by atoms with Crippen LogP contribution in [-0.2, 0) is 4.79 Å². The molecule has 2 rings (SSSR count). The van der Waals surface area contributed by atoms with Crippen molar-refractivity contribution in [2.24, 2.45) is 5.73 Å². The second kappa shape index (κ2) is 4.73. The third-order valence-corrected chi connectivity index (χ3v) is 3.43. The second-order valence-corrected chi connectivity index (χ2v) is 4.61. The highest BCUT2D eigenvalue weighted by Crippen LogP contribution is 2.32. The number of hydrogen-bond donors (Lipinski definition) is 2. The monoisotopic (exact) mass is 236 g/mol. The zero-order chi connectivity index (χ0) is 12.3. The van der Waals surface area contributed by atoms with Gasteiger partial charge in [-0.1, -0.05) is 31.4 Å². The molecule has 1 saturated carbocycles. The van der Waals surface area contributed by atoms with Crippen LogP contribution in [0.5, 0.6) is 0 Å². The molecule has 1 aromatic rings. The number of nitrogens with one attached hydrogen (secondary N) is 1. The third-order valence-electron chi connectivity index (χ3n) is 3.43. The Balaban J connectivity index is 2.24. The van der Waals surface area contributed by atoms with Crippen molar-refractivity contribution in [2.45, 2.75) is 37.6 Å². The van der Waals surface area contributed by atoms with Crippen molar-refractivity contribution in [1.29, 1.82) is 0 Å². The second-order valence-electron chi connectivity index (χ2n) is 4.61. The van der Waals surface area contributed by atoms with Gasteiger partial charge in [0.05, 0.1) is 5.69 Å². The van der Waals surface area contributed by atoms with Crippen molar-refractivity contribution in [2.75, 3.05) is 5.32 Å². The molecule has 1 amide bonds. The number of nitrogens with two attached hydrogens (primary N) is 1. The maximum absolute atomic E-state index is 13.6. The third kappa shape index (κ3) is 2.40. The fraction of sp³-hybridized carbons (Fsp3) is 0.462. The fourth-order valence-corrected chi connectivity index (χ4v) is 2.41. The van der Waals surface area contributed by atoms with Crippen LogP contribution in [0.4, 0.5) is 10.1 Å². The summed E-state index contributed by atoms with van der Waals surface area (Å²) in [6.45, 7) is 0. The summed E-state index contributed by atoms with van der Waals surface area (Å²) in [5, 5.41) is 3.01. The standard InChI is InChI=1S/C13H17FN2O/c14-10-6-2-3-7-11(10)16-13(12(15)17)8-4-1-5-9-13/h2-3,6-7,16H,1,4-5,8-9H2,(H2,15,17). The summed E-state index contributed by atoms with van der Waals surface area (Å²) in [4.78, 5) is 11.6. The molecule has 0 aromatic heterocycles. The van der Waals surface area contributed by atoms with E-state index in [-0.39, 0.29) is 11.7 Å². The average molecular weight is 236 g/mol. The molecule has 1 aliphatic carbocycles. The molecule has 0 bridgehead atoms. The molecule has 1 aliphatic rings. The Bertz CT molecular complexity index is 414. The van der Waals surface area contributed by atoms with Gasteiger partial charge in [0.2, 0.25) is 5.91 Å². The van der Waals surface area contributed by atoms with Gasteiger partial charge < -0.3 is 11.1 Å². The first-order valence-corrected chi connectivity index (χ1v) is 5.97. The number of carbonyl (C=O) groups is 1. The van der Waals surface area contributed by atoms with Gasteiger partial charge in [0.15, 0.2) is 0 Å². The van der Waals surface area contributed by atoms with E-state index < -0.39 is 5.54 Å². The smallest absolute Gasteiger partial charge is 0.243 e. The predicted octanol–water partition coefficient (Wildman–Crippen LogP) is 2.43. The minimum Gasteiger partial charge on any atom is -0.369 e. The fourth-order valence-electron chi connectivity index (χ4n) is 2.41. The Labute approximate surface area is 100 Å². The van der Waals surface area contributed by atoms with Crippen LogP contribution in [0.3, 0.4) is 0 Å². The van der Waals surface area contributed by atoms with Gasteiger partial charge in [-0.25, -0.2) is 4.39 Å². The van der Waals surface area contributed by atoms with Crippen LogP contribution in [0.2, 0.25) is 0 Å². The van der Waals surface area contributed by atoms with E-state index in [1.165, 1.54) is 6.07 Å². The van der Waals surface area contributed by atoms with Crippen molar-refractivity contribution >= 4 is 11.6 Å². The van der Waals surface area contributed by atoms with Gasteiger partial charge in [-0.3, -0.25) is 4.79 Å². The topological polar surface area (TPSA) is 55.1 Å². The van der Waals surface area contributed by atoms with Gasteiger partial charge in [-0.05, 0) is 25.0 Å². The van der Waals surface area contributed by atoms with Gasteiger partial charge in [0.1, 0.15) is 11.4 Å². The summed E-state index contributed by atoms with van der Waals surface area (Å²) in [6, 6.07) is 6.37. The quantitative estimate of drug-likeness (QED) is 0.846. The van der Waals surface area contributed by atoms with Crippen molar-refractivity contribution in [3.8, 4) is 0 Å². The van der Waals surface area contributed by atoms with E-state index in [2.05, 4.69) is 5.32 Å². The van der Waals surface area contributed by atoms with E-state index in [4.69, 9.17) is 5.73 Å². The summed E-state index contributed by atoms with van der Waals surface area (Å²) < 4.78 is 13.6. The van der Waals surface area contributed by atoms with Gasteiger partial charge in [-0.15, -0.1) is 0 Å². The largest absolute Gasteiger partial charge is 0.369 e. The van der Waals surface area contributed by atoms with Crippen LogP contribution >= 0.6 is 0 Å². The highest BCUT2D eigenvalue weighted by atomic mass is 19.1. The summed E-state index contributed by atoms with van der Waals surface area (Å²) >= 11 is 0. The van der Waals surface area contributed by atoms with Crippen molar-refractivity contribution < 1.29 is 9.18 Å². The first kappa shape index (κ1) is 11.9. The zero-order valence-corrected chi connectivity index (χ0v) is 9.71. The molecule has 3 nitrogen and oxygen atoms in total. The number of anilines is 1. The van der Waals surface area contributed by atoms with Gasteiger partial charge in [-0.2, -0.15) is 0 Å². The zero-order valence-electron chi connectivity index (χ0n) is 9.71. The highest BCUT2D eigenvalue weighted by molar-refractivity contribution is 5.88. The van der Waals surface area contributed by atoms with Crippen LogP contribution in [0, 0.1) is 5.82 Å². The molecule has 0 spiro atoms. The Morgan fingerprint density at radius 1 is 1.24 bits per heavy atom. The van der Waals surface area contributed by atoms with Crippen molar-refractivity contribution in [3.63, 3.8) is 0 Å². The van der Waals surface area contributed by atoms with Gasteiger partial charge in [0, 0.05) is 0 Å². The number of halogens is 1. The molecule has 0 unspecified atom stereocenters. The molecule has 0 radical (unpaired) electrons. The lowest BCUT2D eigenvalue weighted by Crippen LogP contribution is -2.51. The highest BCUT2D eigenvalue weighted by Gasteiger charge is 2.38. The molecule has 0 heterocycles. The number of carbonyl (C=O) groups excluding carboxylic acids is 1. The first-order chi connectivity index (χ1) is 8.14. The van der Waals surface area contributed by atoms with E-state index in [0.29, 0.717) is 18.5 Å². The molecule has 92 valence electrons. The van der Waals surface area contributed by atoms with Crippen molar-refractivity contribution in [3.05, 3.63) is 30.1 Å². The maximum atomic E-state index is 13.6. The van der Waals surface area contributed by atoms with Crippen LogP contribution in [0.15, 0.2) is 24.3 Å². The van der Waals surface area contributed by atoms with Crippen LogP contribution in [0.25, 0.3) is 0 Å². The number of amides is 1. The molecule has 17 heavy (non-hydrogen) atoms. The molecule has 0 atom stereocenters. The number of benzene rings is 1. The normalized spacial score (nSPS) is 18.6. The molecular weight excluding hydrogens is 219 g/mol. The molecular formula is C13H17FN2O. The number of para-hydroxylation sites is 1. The van der Waals surface area contributed by atoms with E-state index in [0.717, 1.165) is 19.3 Å². The first-order valence-electron chi connectivity index (χ1n) is 5.97. The summed E-state index contributed by atoms with van der Waals surface area (Å²) in [5.41, 5.74) is 5.05. The molecule has 3 N–H and O–H groups in total. The molecule has 0 aliphatic heterocycles. The minimum absolute atomic E-state index is 0.348. The summed E-state index contributed by atoms with van der Waals surface area (Å²) in [5.74, 6) is -0.737. The van der Waals surface area contributed by atoms with E-state index in [9.17, 15) is 9.18 Å². The lowest BCUT2D eigenvalue weighted by Gasteiger charge is -2.36. The molecule has 1 fully saturated rings. The average Bonchev–Trinajstić information content (AvgIpc) is 2.33. The lowest BCUT2D eigenvalue weighted by molar-refractivity contribution is -0.123. The van der Waals surface area contributed by atoms with Crippen LogP contribution in [-0.4, -0.2) is 11.4 Å². The van der Waals surface area contributed by atoms with Gasteiger partial charge >= 0.3 is 0 Å². The minimum atomic E-state index is -0.777. The Kier molecular flexibility index (Phi) is 3.31. The number of hydrogen-bond acceptors (Lipinski definition) is 2. The van der Waals surface area contributed by atoms with E-state index in [1.54, 1.807) is 18.2 Å². The summed E-state index contributed by atoms with van der Waals surface area (Å²) in [6.07, 6.45) is 4.36. The van der Waals surface area contributed by atoms with Crippen LogP contribution in [0.1, 0.15) is 32.1 Å². The maximum Gasteiger partial charge on any atom is 0.243 e. The SMILES string of the molecule is NC(=O)C1(Nc2ccccc2F)CCCCC1. The van der Waals surface area contributed by atoms with E-state index >= 15 is 0 Å². The number of rotatable bonds is 3. The Morgan fingerprint density at radius 2 is 1.88 bits per heavy atom.